The zero-order chi connectivity index (χ0) is 27.7. The molecule has 3 atom stereocenters. The van der Waals surface area contributed by atoms with Crippen LogP contribution in [0.4, 0.5) is 0 Å². The number of nitrogens with one attached hydrogen (secondary N) is 2. The first-order valence-electron chi connectivity index (χ1n) is 12.9. The van der Waals surface area contributed by atoms with Crippen molar-refractivity contribution in [3.63, 3.8) is 0 Å². The van der Waals surface area contributed by atoms with E-state index in [-0.39, 0.29) is 5.92 Å². The van der Waals surface area contributed by atoms with Gasteiger partial charge in [-0.25, -0.2) is 8.93 Å². The van der Waals surface area contributed by atoms with Crippen LogP contribution in [-0.2, 0) is 30.9 Å². The zero-order valence-corrected chi connectivity index (χ0v) is 23.6. The number of carbonyl (C=O) groups excluding carboxylic acids is 2. The molecule has 1 aliphatic carbocycles. The molecular weight excluding hydrogens is 496 g/mol. The lowest BCUT2D eigenvalue weighted by molar-refractivity contribution is -0.157. The fourth-order valence-corrected chi connectivity index (χ4v) is 5.94. The van der Waals surface area contributed by atoms with E-state index in [0.29, 0.717) is 0 Å². The summed E-state index contributed by atoms with van der Waals surface area (Å²) in [5, 5.41) is 3.33. The third-order valence-corrected chi connectivity index (χ3v) is 8.38. The van der Waals surface area contributed by atoms with Crippen molar-refractivity contribution in [2.45, 2.75) is 64.0 Å². The Hall–Kier alpha value is -3.29. The highest BCUT2D eigenvalue weighted by molar-refractivity contribution is 7.84. The SMILES string of the molecule is CC(=O)OC(C(=O)NC1([C@@H](NS(=O)C(C)(C)C)c2ccccc2)c2ccccc2-c2ccccc21)C(C)C. The van der Waals surface area contributed by atoms with Crippen LogP contribution in [-0.4, -0.2) is 26.9 Å². The molecule has 1 aliphatic rings. The fraction of sp³-hybridized carbons (Fsp3) is 0.355. The molecule has 0 spiro atoms. The second kappa shape index (κ2) is 10.8. The Kier molecular flexibility index (Phi) is 7.90. The molecule has 0 saturated carbocycles. The molecule has 38 heavy (non-hydrogen) atoms. The minimum atomic E-state index is -1.47. The van der Waals surface area contributed by atoms with Gasteiger partial charge in [-0.2, -0.15) is 0 Å². The second-order valence-corrected chi connectivity index (χ2v) is 13.0. The molecule has 0 bridgehead atoms. The summed E-state index contributed by atoms with van der Waals surface area (Å²) >= 11 is 0. The Morgan fingerprint density at radius 1 is 0.842 bits per heavy atom. The Labute approximate surface area is 227 Å². The predicted octanol–water partition coefficient (Wildman–Crippen LogP) is 5.41. The molecule has 4 rings (SSSR count). The van der Waals surface area contributed by atoms with Gasteiger partial charge in [0.05, 0.1) is 21.8 Å². The van der Waals surface area contributed by atoms with Gasteiger partial charge in [0.1, 0.15) is 5.54 Å². The molecule has 6 nitrogen and oxygen atoms in total. The number of ether oxygens (including phenoxy) is 1. The first-order valence-corrected chi connectivity index (χ1v) is 14.0. The van der Waals surface area contributed by atoms with E-state index in [9.17, 15) is 13.8 Å². The summed E-state index contributed by atoms with van der Waals surface area (Å²) < 4.78 is 22.0. The summed E-state index contributed by atoms with van der Waals surface area (Å²) in [6.45, 7) is 10.7. The first kappa shape index (κ1) is 27.7. The zero-order valence-electron chi connectivity index (χ0n) is 22.8. The highest BCUT2D eigenvalue weighted by Gasteiger charge is 2.52. The monoisotopic (exact) mass is 532 g/mol. The van der Waals surface area contributed by atoms with Gasteiger partial charge in [0.15, 0.2) is 6.10 Å². The Balaban J connectivity index is 2.01. The summed E-state index contributed by atoms with van der Waals surface area (Å²) in [6.07, 6.45) is -0.992. The van der Waals surface area contributed by atoms with Gasteiger partial charge in [0, 0.05) is 6.92 Å². The molecule has 0 aromatic heterocycles. The van der Waals surface area contributed by atoms with Crippen molar-refractivity contribution in [3.8, 4) is 11.1 Å². The van der Waals surface area contributed by atoms with Crippen molar-refractivity contribution in [1.82, 2.24) is 10.0 Å². The molecule has 200 valence electrons. The van der Waals surface area contributed by atoms with Crippen LogP contribution in [0.15, 0.2) is 78.9 Å². The molecule has 0 fully saturated rings. The topological polar surface area (TPSA) is 84.5 Å². The highest BCUT2D eigenvalue weighted by atomic mass is 32.2. The summed E-state index contributed by atoms with van der Waals surface area (Å²) in [5.41, 5.74) is 3.46. The number of rotatable bonds is 8. The molecule has 0 saturated heterocycles. The van der Waals surface area contributed by atoms with Crippen LogP contribution < -0.4 is 10.0 Å². The molecule has 0 aliphatic heterocycles. The Morgan fingerprint density at radius 3 is 1.82 bits per heavy atom. The molecule has 2 N–H and O–H groups in total. The Morgan fingerprint density at radius 2 is 1.34 bits per heavy atom. The van der Waals surface area contributed by atoms with Crippen LogP contribution in [0.5, 0.6) is 0 Å². The number of esters is 1. The lowest BCUT2D eigenvalue weighted by Crippen LogP contribution is -2.58. The largest absolute Gasteiger partial charge is 0.452 e. The van der Waals surface area contributed by atoms with E-state index >= 15 is 0 Å². The lowest BCUT2D eigenvalue weighted by atomic mass is 9.77. The number of benzene rings is 3. The molecule has 0 heterocycles. The van der Waals surface area contributed by atoms with Crippen LogP contribution in [0.2, 0.25) is 0 Å². The first-order chi connectivity index (χ1) is 18.0. The molecule has 2 unspecified atom stereocenters. The van der Waals surface area contributed by atoms with Gasteiger partial charge in [-0.15, -0.1) is 0 Å². The van der Waals surface area contributed by atoms with E-state index in [1.54, 1.807) is 0 Å². The van der Waals surface area contributed by atoms with E-state index in [1.807, 2.05) is 113 Å². The van der Waals surface area contributed by atoms with Crippen LogP contribution in [0, 0.1) is 5.92 Å². The van der Waals surface area contributed by atoms with E-state index in [2.05, 4.69) is 10.0 Å². The predicted molar refractivity (Wildman–Crippen MR) is 151 cm³/mol. The molecule has 1 amide bonds. The van der Waals surface area contributed by atoms with Gasteiger partial charge >= 0.3 is 5.97 Å². The maximum absolute atomic E-state index is 14.0. The minimum Gasteiger partial charge on any atom is -0.452 e. The smallest absolute Gasteiger partial charge is 0.303 e. The highest BCUT2D eigenvalue weighted by Crippen LogP contribution is 2.53. The van der Waals surface area contributed by atoms with Crippen LogP contribution in [0.1, 0.15) is 64.3 Å². The summed E-state index contributed by atoms with van der Waals surface area (Å²) in [5.74, 6) is -1.19. The van der Waals surface area contributed by atoms with E-state index in [4.69, 9.17) is 4.74 Å². The van der Waals surface area contributed by atoms with Crippen LogP contribution >= 0.6 is 0 Å². The average molecular weight is 533 g/mol. The van der Waals surface area contributed by atoms with Gasteiger partial charge in [0.25, 0.3) is 5.91 Å². The molecule has 3 aromatic carbocycles. The number of fused-ring (bicyclic) bond motifs is 3. The standard InChI is InChI=1S/C31H36N2O4S/c1-20(2)27(37-21(3)34)29(35)32-31(25-18-12-10-16-23(25)24-17-11-13-19-26(24)31)28(22-14-8-7-9-15-22)33-38(36)30(4,5)6/h7-20,27-28,33H,1-6H3,(H,32,35)/t27?,28-,38?/m0/s1. The summed E-state index contributed by atoms with van der Waals surface area (Å²) in [7, 11) is -1.47. The van der Waals surface area contributed by atoms with E-state index < -0.39 is 45.3 Å². The normalized spacial score (nSPS) is 16.2. The average Bonchev–Trinajstić information content (AvgIpc) is 3.16. The number of hydrogen-bond donors (Lipinski definition) is 2. The number of hydrogen-bond acceptors (Lipinski definition) is 4. The van der Waals surface area contributed by atoms with Gasteiger partial charge in [-0.05, 0) is 54.5 Å². The van der Waals surface area contributed by atoms with Crippen molar-refractivity contribution < 1.29 is 18.5 Å². The van der Waals surface area contributed by atoms with E-state index in [1.165, 1.54) is 6.92 Å². The number of amides is 1. The molecule has 0 radical (unpaired) electrons. The quantitative estimate of drug-likeness (QED) is 0.380. The van der Waals surface area contributed by atoms with Crippen molar-refractivity contribution in [2.24, 2.45) is 5.92 Å². The third-order valence-electron chi connectivity index (χ3n) is 6.82. The van der Waals surface area contributed by atoms with Gasteiger partial charge < -0.3 is 10.1 Å². The van der Waals surface area contributed by atoms with Crippen molar-refractivity contribution in [3.05, 3.63) is 95.6 Å². The maximum atomic E-state index is 14.0. The fourth-order valence-electron chi connectivity index (χ4n) is 5.06. The van der Waals surface area contributed by atoms with Crippen LogP contribution in [0.25, 0.3) is 11.1 Å². The second-order valence-electron chi connectivity index (χ2n) is 11.0. The Bertz CT molecular complexity index is 1300. The van der Waals surface area contributed by atoms with Crippen molar-refractivity contribution >= 4 is 22.9 Å². The summed E-state index contributed by atoms with van der Waals surface area (Å²) in [4.78, 5) is 26.0. The minimum absolute atomic E-state index is 0.255. The van der Waals surface area contributed by atoms with Gasteiger partial charge in [0.2, 0.25) is 0 Å². The van der Waals surface area contributed by atoms with Crippen molar-refractivity contribution in [1.29, 1.82) is 0 Å². The molecule has 3 aromatic rings. The third kappa shape index (κ3) is 5.18. The van der Waals surface area contributed by atoms with Gasteiger partial charge in [-0.3, -0.25) is 9.59 Å². The maximum Gasteiger partial charge on any atom is 0.303 e. The van der Waals surface area contributed by atoms with Crippen LogP contribution in [0.3, 0.4) is 0 Å². The summed E-state index contributed by atoms with van der Waals surface area (Å²) in [6, 6.07) is 25.1. The van der Waals surface area contributed by atoms with E-state index in [0.717, 1.165) is 27.8 Å². The molecule has 7 heteroatoms. The van der Waals surface area contributed by atoms with Gasteiger partial charge in [-0.1, -0.05) is 92.7 Å². The van der Waals surface area contributed by atoms with Crippen molar-refractivity contribution in [2.75, 3.05) is 0 Å². The number of carbonyl (C=O) groups is 2. The lowest BCUT2D eigenvalue weighted by Gasteiger charge is -2.42. The molecular formula is C31H36N2O4S.